The first-order valence-corrected chi connectivity index (χ1v) is 13.4. The molecule has 1 aliphatic carbocycles. The van der Waals surface area contributed by atoms with Crippen LogP contribution in [0.2, 0.25) is 13.1 Å². The van der Waals surface area contributed by atoms with Crippen LogP contribution in [-0.2, 0) is 26.4 Å². The zero-order valence-corrected chi connectivity index (χ0v) is 15.2. The van der Waals surface area contributed by atoms with E-state index in [0.717, 1.165) is 12.0 Å². The second-order valence-electron chi connectivity index (χ2n) is 3.68. The zero-order chi connectivity index (χ0) is 10.9. The van der Waals surface area contributed by atoms with Gasteiger partial charge in [0.05, 0.1) is 0 Å². The topological polar surface area (TPSA) is 57.5 Å². The Morgan fingerprint density at radius 3 is 2.19 bits per heavy atom. The van der Waals surface area contributed by atoms with Gasteiger partial charge in [-0.15, -0.1) is 0 Å². The first kappa shape index (κ1) is 19.6. The minimum absolute atomic E-state index is 0. The molecule has 0 aromatic heterocycles. The predicted molar refractivity (Wildman–Crippen MR) is 54.9 cm³/mol. The van der Waals surface area contributed by atoms with E-state index in [4.69, 9.17) is 9.79 Å². The van der Waals surface area contributed by atoms with Crippen LogP contribution < -0.4 is 24.8 Å². The Hall–Kier alpha value is 1.31. The van der Waals surface area contributed by atoms with Gasteiger partial charge >= 0.3 is 95.9 Å². The van der Waals surface area contributed by atoms with Crippen molar-refractivity contribution in [3.05, 3.63) is 20.2 Å². The van der Waals surface area contributed by atoms with E-state index in [-0.39, 0.29) is 35.6 Å². The second-order valence-corrected chi connectivity index (χ2v) is 18.3. The molecule has 0 aliphatic heterocycles. The Bertz CT molecular complexity index is 396. The molecule has 3 nitrogen and oxygen atoms in total. The molecule has 0 radical (unpaired) electrons. The molecule has 0 saturated carbocycles. The van der Waals surface area contributed by atoms with Gasteiger partial charge < -0.3 is 24.8 Å². The molecule has 16 heavy (non-hydrogen) atoms. The van der Waals surface area contributed by atoms with Crippen LogP contribution in [0.3, 0.4) is 0 Å². The van der Waals surface area contributed by atoms with Gasteiger partial charge in [-0.2, -0.15) is 0 Å². The Balaban J connectivity index is 0. The van der Waals surface area contributed by atoms with Crippen LogP contribution in [-0.4, -0.2) is 15.2 Å². The molecule has 0 aromatic carbocycles. The maximum atomic E-state index is 11.1. The van der Waals surface area contributed by atoms with E-state index >= 15 is 0 Å². The van der Waals surface area contributed by atoms with Gasteiger partial charge in [-0.25, -0.2) is 0 Å². The molecule has 1 rings (SSSR count). The summed E-state index contributed by atoms with van der Waals surface area (Å²) in [4.78, 5) is 18.2. The first-order chi connectivity index (χ1) is 6.30. The molecular formula is C8H14Cl2O3PSiZr. The van der Waals surface area contributed by atoms with E-state index in [0.29, 0.717) is 0 Å². The monoisotopic (exact) mass is 377 g/mol. The summed E-state index contributed by atoms with van der Waals surface area (Å²) < 4.78 is 12.4. The van der Waals surface area contributed by atoms with Crippen molar-refractivity contribution in [1.29, 1.82) is 0 Å². The van der Waals surface area contributed by atoms with Crippen molar-refractivity contribution in [2.45, 2.75) is 26.4 Å². The molecule has 0 fully saturated rings. The molecule has 8 heteroatoms. The molecule has 0 spiro atoms. The Labute approximate surface area is 120 Å². The van der Waals surface area contributed by atoms with Crippen molar-refractivity contribution in [2.24, 2.45) is 0 Å². The van der Waals surface area contributed by atoms with Gasteiger partial charge in [0.2, 0.25) is 0 Å². The maximum Gasteiger partial charge on any atom is -1.00 e. The molecule has 0 saturated heterocycles. The maximum absolute atomic E-state index is 11.1. The smallest absolute Gasteiger partial charge is 1.00 e. The van der Waals surface area contributed by atoms with Gasteiger partial charge in [0.1, 0.15) is 0 Å². The SMILES string of the molecule is CC1=C(P(=O)(O)O)C=[C]([Zr+2]=[Si](C)C)C1.[Cl-].[Cl-]. The Morgan fingerprint density at radius 2 is 1.88 bits per heavy atom. The summed E-state index contributed by atoms with van der Waals surface area (Å²) in [6, 6.07) is 0. The third kappa shape index (κ3) is 5.77. The Kier molecular flexibility index (Phi) is 9.43. The van der Waals surface area contributed by atoms with Crippen LogP contribution in [0.4, 0.5) is 0 Å². The summed E-state index contributed by atoms with van der Waals surface area (Å²) >= 11 is -0.499. The molecule has 1 aliphatic rings. The predicted octanol–water partition coefficient (Wildman–Crippen LogP) is -3.93. The van der Waals surface area contributed by atoms with Crippen LogP contribution in [0.25, 0.3) is 0 Å². The van der Waals surface area contributed by atoms with Gasteiger partial charge in [-0.05, 0) is 0 Å². The normalized spacial score (nSPS) is 14.7. The van der Waals surface area contributed by atoms with Crippen LogP contribution in [0.5, 0.6) is 0 Å². The summed E-state index contributed by atoms with van der Waals surface area (Å²) in [5.41, 5.74) is 0.686. The van der Waals surface area contributed by atoms with Crippen molar-refractivity contribution in [1.82, 2.24) is 0 Å². The average Bonchev–Trinajstić information content (AvgIpc) is 2.27. The van der Waals surface area contributed by atoms with Gasteiger partial charge in [0, 0.05) is 0 Å². The molecule has 0 bridgehead atoms. The van der Waals surface area contributed by atoms with Crippen molar-refractivity contribution < 1.29 is 61.0 Å². The van der Waals surface area contributed by atoms with Gasteiger partial charge in [-0.1, -0.05) is 0 Å². The Morgan fingerprint density at radius 1 is 1.38 bits per heavy atom. The molecule has 2 N–H and O–H groups in total. The first-order valence-electron chi connectivity index (χ1n) is 4.34. The van der Waals surface area contributed by atoms with E-state index in [2.05, 4.69) is 13.1 Å². The van der Waals surface area contributed by atoms with E-state index in [9.17, 15) is 4.57 Å². The summed E-state index contributed by atoms with van der Waals surface area (Å²) in [5.74, 6) is 0. The van der Waals surface area contributed by atoms with Crippen LogP contribution >= 0.6 is 7.60 Å². The van der Waals surface area contributed by atoms with Crippen LogP contribution in [0.15, 0.2) is 20.2 Å². The molecule has 0 heterocycles. The second kappa shape index (κ2) is 7.68. The summed E-state index contributed by atoms with van der Waals surface area (Å²) in [5, 5.41) is 0.289. The number of rotatable bonds is 2. The molecule has 0 aromatic rings. The third-order valence-electron chi connectivity index (χ3n) is 1.93. The summed E-state index contributed by atoms with van der Waals surface area (Å²) in [7, 11) is -4.01. The largest absolute Gasteiger partial charge is 1.00 e. The quantitative estimate of drug-likeness (QED) is 0.381. The fourth-order valence-electron chi connectivity index (χ4n) is 1.45. The van der Waals surface area contributed by atoms with Crippen LogP contribution in [0, 0.1) is 0 Å². The van der Waals surface area contributed by atoms with Crippen molar-refractivity contribution >= 4 is 13.0 Å². The van der Waals surface area contributed by atoms with E-state index in [1.807, 2.05) is 6.92 Å². The van der Waals surface area contributed by atoms with E-state index < -0.39 is 29.4 Å². The fourth-order valence-corrected chi connectivity index (χ4v) is 10.4. The van der Waals surface area contributed by atoms with Crippen molar-refractivity contribution in [2.75, 3.05) is 0 Å². The number of hydrogen-bond donors (Lipinski definition) is 2. The standard InChI is InChI=1S/C6H8O3P.C2H6Si.2ClH.Zr/c1-5-3-2-4-6(5)10(7,8)9;1-3-2;;;/h4H,3H2,1H3,(H2,7,8,9);1-2H3;2*1H;/q;;;;+2/p-2. The minimum atomic E-state index is -4.01. The molecule has 0 atom stereocenters. The zero-order valence-electron chi connectivity index (χ0n) is 9.29. The van der Waals surface area contributed by atoms with Crippen molar-refractivity contribution in [3.63, 3.8) is 0 Å². The average molecular weight is 379 g/mol. The number of allylic oxidation sites excluding steroid dienone is 4. The minimum Gasteiger partial charge on any atom is -1.00 e. The summed E-state index contributed by atoms with van der Waals surface area (Å²) in [6.07, 6.45) is 2.60. The third-order valence-corrected chi connectivity index (χ3v) is 10.7. The van der Waals surface area contributed by atoms with E-state index in [1.165, 1.54) is 3.28 Å². The molecule has 0 amide bonds. The summed E-state index contributed by atoms with van der Waals surface area (Å²) in [6.45, 7) is 6.39. The number of halogens is 2. The number of hydrogen-bond acceptors (Lipinski definition) is 1. The molecule has 91 valence electrons. The van der Waals surface area contributed by atoms with Crippen LogP contribution in [0.1, 0.15) is 13.3 Å². The molecule has 0 unspecified atom stereocenters. The van der Waals surface area contributed by atoms with E-state index in [1.54, 1.807) is 6.08 Å². The van der Waals surface area contributed by atoms with Crippen molar-refractivity contribution in [3.8, 4) is 0 Å². The van der Waals surface area contributed by atoms with Gasteiger partial charge in [0.25, 0.3) is 0 Å². The van der Waals surface area contributed by atoms with Gasteiger partial charge in [-0.3, -0.25) is 0 Å². The van der Waals surface area contributed by atoms with Gasteiger partial charge in [0.15, 0.2) is 0 Å². The fraction of sp³-hybridized carbons (Fsp3) is 0.500. The molecular weight excluding hydrogens is 365 g/mol.